The molecule has 0 radical (unpaired) electrons. The Hall–Kier alpha value is -3.35. The van der Waals surface area contributed by atoms with Crippen molar-refractivity contribution < 1.29 is 19.5 Å². The van der Waals surface area contributed by atoms with Gasteiger partial charge in [-0.05, 0) is 72.9 Å². The minimum atomic E-state index is -0.717. The molecular formula is C29H31ClN2O4. The molecule has 0 spiro atoms. The molecule has 1 unspecified atom stereocenters. The standard InChI is InChI=1S/C29H31ClN2O4/c1-19-7-12-27(13-20(19)2)36-28(24-5-4-6-26(30)14-24)18-35-31-21(3)23-10-8-22(9-11-23)15-32-16-25(17-32)29(33)34/h4-14,25,28H,15-18H2,1-3H3,(H,33,34). The molecule has 0 aromatic heterocycles. The van der Waals surface area contributed by atoms with E-state index in [0.717, 1.165) is 40.3 Å². The van der Waals surface area contributed by atoms with Crippen molar-refractivity contribution in [1.29, 1.82) is 0 Å². The summed E-state index contributed by atoms with van der Waals surface area (Å²) in [5.41, 5.74) is 6.13. The van der Waals surface area contributed by atoms with Gasteiger partial charge in [0.05, 0.1) is 11.6 Å². The van der Waals surface area contributed by atoms with Crippen LogP contribution in [0.25, 0.3) is 0 Å². The van der Waals surface area contributed by atoms with E-state index in [1.807, 2.05) is 73.7 Å². The van der Waals surface area contributed by atoms with Crippen molar-refractivity contribution in [1.82, 2.24) is 4.90 Å². The Labute approximate surface area is 217 Å². The summed E-state index contributed by atoms with van der Waals surface area (Å²) in [4.78, 5) is 18.8. The van der Waals surface area contributed by atoms with Gasteiger partial charge in [0.25, 0.3) is 0 Å². The van der Waals surface area contributed by atoms with Gasteiger partial charge < -0.3 is 14.7 Å². The van der Waals surface area contributed by atoms with E-state index in [9.17, 15) is 4.79 Å². The Morgan fingerprint density at radius 3 is 2.50 bits per heavy atom. The number of ether oxygens (including phenoxy) is 1. The van der Waals surface area contributed by atoms with Crippen molar-refractivity contribution in [2.24, 2.45) is 11.1 Å². The number of oxime groups is 1. The van der Waals surface area contributed by atoms with Crippen molar-refractivity contribution in [2.45, 2.75) is 33.4 Å². The minimum absolute atomic E-state index is 0.225. The van der Waals surface area contributed by atoms with Crippen LogP contribution >= 0.6 is 11.6 Å². The molecule has 36 heavy (non-hydrogen) atoms. The number of hydrogen-bond acceptors (Lipinski definition) is 5. The van der Waals surface area contributed by atoms with Crippen molar-refractivity contribution in [3.8, 4) is 5.75 Å². The highest BCUT2D eigenvalue weighted by atomic mass is 35.5. The number of carboxylic acid groups (broad SMARTS) is 1. The summed E-state index contributed by atoms with van der Waals surface area (Å²) < 4.78 is 6.28. The molecule has 0 saturated carbocycles. The van der Waals surface area contributed by atoms with Crippen LogP contribution in [0.1, 0.15) is 40.8 Å². The molecule has 0 amide bonds. The lowest BCUT2D eigenvalue weighted by molar-refractivity contribution is -0.147. The van der Waals surface area contributed by atoms with Gasteiger partial charge in [-0.1, -0.05) is 59.2 Å². The number of carboxylic acids is 1. The molecule has 1 atom stereocenters. The quantitative estimate of drug-likeness (QED) is 0.268. The van der Waals surface area contributed by atoms with Crippen LogP contribution in [-0.2, 0) is 16.2 Å². The van der Waals surface area contributed by atoms with E-state index in [-0.39, 0.29) is 18.6 Å². The van der Waals surface area contributed by atoms with Gasteiger partial charge in [0.1, 0.15) is 5.75 Å². The molecule has 3 aromatic rings. The van der Waals surface area contributed by atoms with Gasteiger partial charge in [-0.2, -0.15) is 0 Å². The van der Waals surface area contributed by atoms with Crippen molar-refractivity contribution in [2.75, 3.05) is 19.7 Å². The monoisotopic (exact) mass is 506 g/mol. The number of carbonyl (C=O) groups is 1. The average molecular weight is 507 g/mol. The third-order valence-electron chi connectivity index (χ3n) is 6.49. The molecule has 3 aromatic carbocycles. The van der Waals surface area contributed by atoms with E-state index in [0.29, 0.717) is 18.1 Å². The van der Waals surface area contributed by atoms with Crippen molar-refractivity contribution in [3.05, 3.63) is 99.6 Å². The third-order valence-corrected chi connectivity index (χ3v) is 6.72. The first-order valence-electron chi connectivity index (χ1n) is 12.0. The maximum absolute atomic E-state index is 11.0. The molecule has 7 heteroatoms. The summed E-state index contributed by atoms with van der Waals surface area (Å²) in [6, 6.07) is 21.7. The van der Waals surface area contributed by atoms with E-state index in [2.05, 4.69) is 23.9 Å². The van der Waals surface area contributed by atoms with Gasteiger partial charge in [-0.15, -0.1) is 0 Å². The summed E-state index contributed by atoms with van der Waals surface area (Å²) in [7, 11) is 0. The molecule has 0 bridgehead atoms. The molecule has 1 heterocycles. The molecule has 6 nitrogen and oxygen atoms in total. The summed E-state index contributed by atoms with van der Waals surface area (Å²) >= 11 is 6.23. The van der Waals surface area contributed by atoms with E-state index in [1.54, 1.807) is 0 Å². The van der Waals surface area contributed by atoms with Crippen molar-refractivity contribution >= 4 is 23.3 Å². The fraction of sp³-hybridized carbons (Fsp3) is 0.310. The largest absolute Gasteiger partial charge is 0.482 e. The number of rotatable bonds is 10. The van der Waals surface area contributed by atoms with Gasteiger partial charge in [0, 0.05) is 24.7 Å². The highest BCUT2D eigenvalue weighted by Crippen LogP contribution is 2.26. The molecule has 1 aliphatic heterocycles. The minimum Gasteiger partial charge on any atom is -0.482 e. The Morgan fingerprint density at radius 1 is 1.08 bits per heavy atom. The molecule has 1 saturated heterocycles. The van der Waals surface area contributed by atoms with Gasteiger partial charge in [0.2, 0.25) is 0 Å². The third kappa shape index (κ3) is 6.65. The van der Waals surface area contributed by atoms with Crippen LogP contribution in [0.2, 0.25) is 5.02 Å². The Balaban J connectivity index is 1.38. The lowest BCUT2D eigenvalue weighted by atomic mass is 9.99. The van der Waals surface area contributed by atoms with E-state index in [4.69, 9.17) is 26.3 Å². The molecular weight excluding hydrogens is 476 g/mol. The Bertz CT molecular complexity index is 1240. The van der Waals surface area contributed by atoms with Gasteiger partial charge >= 0.3 is 5.97 Å². The summed E-state index contributed by atoms with van der Waals surface area (Å²) in [6.07, 6.45) is -0.379. The molecule has 0 aliphatic carbocycles. The van der Waals surface area contributed by atoms with Crippen LogP contribution in [-0.4, -0.2) is 41.4 Å². The number of nitrogens with zero attached hydrogens (tertiary/aromatic N) is 2. The fourth-order valence-corrected chi connectivity index (χ4v) is 4.27. The molecule has 1 aliphatic rings. The second-order valence-electron chi connectivity index (χ2n) is 9.31. The Kier molecular flexibility index (Phi) is 8.28. The Morgan fingerprint density at radius 2 is 1.83 bits per heavy atom. The van der Waals surface area contributed by atoms with Gasteiger partial charge in [-0.3, -0.25) is 9.69 Å². The highest BCUT2D eigenvalue weighted by molar-refractivity contribution is 6.30. The number of aryl methyl sites for hydroxylation is 2. The molecule has 1 N–H and O–H groups in total. The lowest BCUT2D eigenvalue weighted by Gasteiger charge is -2.36. The van der Waals surface area contributed by atoms with Crippen LogP contribution in [0.15, 0.2) is 71.9 Å². The predicted octanol–water partition coefficient (Wildman–Crippen LogP) is 6.03. The summed E-state index contributed by atoms with van der Waals surface area (Å²) in [6.45, 7) is 8.20. The molecule has 4 rings (SSSR count). The zero-order valence-corrected chi connectivity index (χ0v) is 21.5. The average Bonchev–Trinajstić information content (AvgIpc) is 2.82. The SMILES string of the molecule is CC(=NOCC(Oc1ccc(C)c(C)c1)c1cccc(Cl)c1)c1ccc(CN2CC(C(=O)O)C2)cc1. The predicted molar refractivity (Wildman–Crippen MR) is 142 cm³/mol. The van der Waals surface area contributed by atoms with Crippen LogP contribution < -0.4 is 4.74 Å². The summed E-state index contributed by atoms with van der Waals surface area (Å²) in [5.74, 6) is -0.198. The van der Waals surface area contributed by atoms with Crippen LogP contribution in [0, 0.1) is 19.8 Å². The first kappa shape index (κ1) is 25.7. The van der Waals surface area contributed by atoms with Crippen LogP contribution in [0.4, 0.5) is 0 Å². The lowest BCUT2D eigenvalue weighted by Crippen LogP contribution is -2.49. The number of halogens is 1. The summed E-state index contributed by atoms with van der Waals surface area (Å²) in [5, 5.41) is 14.0. The number of aliphatic carboxylic acids is 1. The fourth-order valence-electron chi connectivity index (χ4n) is 4.08. The zero-order valence-electron chi connectivity index (χ0n) is 20.8. The second-order valence-corrected chi connectivity index (χ2v) is 9.74. The maximum atomic E-state index is 11.0. The van der Waals surface area contributed by atoms with Crippen LogP contribution in [0.5, 0.6) is 5.75 Å². The first-order chi connectivity index (χ1) is 17.3. The van der Waals surface area contributed by atoms with Crippen molar-refractivity contribution in [3.63, 3.8) is 0 Å². The first-order valence-corrected chi connectivity index (χ1v) is 12.4. The van der Waals surface area contributed by atoms with E-state index < -0.39 is 5.97 Å². The molecule has 188 valence electrons. The van der Waals surface area contributed by atoms with Crippen LogP contribution in [0.3, 0.4) is 0 Å². The smallest absolute Gasteiger partial charge is 0.309 e. The number of benzene rings is 3. The number of hydrogen-bond donors (Lipinski definition) is 1. The highest BCUT2D eigenvalue weighted by Gasteiger charge is 2.32. The normalized spacial score (nSPS) is 15.3. The van der Waals surface area contributed by atoms with E-state index >= 15 is 0 Å². The zero-order chi connectivity index (χ0) is 25.7. The topological polar surface area (TPSA) is 71.4 Å². The van der Waals surface area contributed by atoms with Gasteiger partial charge in [-0.25, -0.2) is 0 Å². The number of likely N-dealkylation sites (tertiary alicyclic amines) is 1. The second kappa shape index (κ2) is 11.6. The molecule has 1 fully saturated rings. The van der Waals surface area contributed by atoms with E-state index in [1.165, 1.54) is 5.56 Å². The maximum Gasteiger partial charge on any atom is 0.309 e. The van der Waals surface area contributed by atoms with Gasteiger partial charge in [0.15, 0.2) is 12.7 Å².